The summed E-state index contributed by atoms with van der Waals surface area (Å²) in [5, 5.41) is 10.5. The normalized spacial score (nSPS) is 14.9. The minimum absolute atomic E-state index is 0.0912. The van der Waals surface area contributed by atoms with Crippen LogP contribution in [0.4, 0.5) is 0 Å². The number of aliphatic hydroxyl groups excluding tert-OH is 1. The topological polar surface area (TPSA) is 29.5 Å². The molecule has 0 rings (SSSR count). The summed E-state index contributed by atoms with van der Waals surface area (Å²) < 4.78 is 6.47. The van der Waals surface area contributed by atoms with Crippen LogP contribution < -0.4 is 0 Å². The Bertz CT molecular complexity index is 360. The van der Waals surface area contributed by atoms with Crippen LogP contribution in [-0.4, -0.2) is 25.6 Å². The first kappa shape index (κ1) is 26.9. The predicted molar refractivity (Wildman–Crippen MR) is 124 cm³/mol. The third-order valence-electron chi connectivity index (χ3n) is 6.22. The first-order valence-electron chi connectivity index (χ1n) is 11.6. The number of unbranched alkanes of at least 4 members (excludes halogenated alkanes) is 11. The molecule has 0 aliphatic heterocycles. The molecule has 162 valence electrons. The average Bonchev–Trinajstić information content (AvgIpc) is 2.59. The molecule has 0 bridgehead atoms. The molecule has 0 heterocycles. The Labute approximate surface area is 172 Å². The van der Waals surface area contributed by atoms with Crippen LogP contribution in [0.15, 0.2) is 12.7 Å². The molecular formula is C24H50O2Si. The Morgan fingerprint density at radius 2 is 1.26 bits per heavy atom. The molecule has 3 heteroatoms. The maximum atomic E-state index is 10.3. The van der Waals surface area contributed by atoms with Crippen molar-refractivity contribution in [2.24, 2.45) is 0 Å². The minimum atomic E-state index is -1.86. The second kappa shape index (κ2) is 14.8. The molecule has 1 N–H and O–H groups in total. The van der Waals surface area contributed by atoms with Gasteiger partial charge in [-0.1, -0.05) is 111 Å². The summed E-state index contributed by atoms with van der Waals surface area (Å²) in [4.78, 5) is 0. The fourth-order valence-corrected chi connectivity index (χ4v) is 4.56. The van der Waals surface area contributed by atoms with E-state index in [4.69, 9.17) is 4.43 Å². The van der Waals surface area contributed by atoms with Crippen LogP contribution in [0, 0.1) is 0 Å². The number of aliphatic hydroxyl groups is 1. The fourth-order valence-electron chi connectivity index (χ4n) is 3.19. The van der Waals surface area contributed by atoms with Gasteiger partial charge in [0.2, 0.25) is 0 Å². The van der Waals surface area contributed by atoms with Gasteiger partial charge in [-0.05, 0) is 24.6 Å². The van der Waals surface area contributed by atoms with Crippen LogP contribution in [0.1, 0.15) is 111 Å². The van der Waals surface area contributed by atoms with E-state index in [0.29, 0.717) is 0 Å². The molecule has 2 atom stereocenters. The van der Waals surface area contributed by atoms with Crippen LogP contribution in [0.2, 0.25) is 18.1 Å². The van der Waals surface area contributed by atoms with E-state index >= 15 is 0 Å². The third-order valence-corrected chi connectivity index (χ3v) is 10.7. The lowest BCUT2D eigenvalue weighted by atomic mass is 10.0. The van der Waals surface area contributed by atoms with Crippen LogP contribution in [-0.2, 0) is 4.43 Å². The summed E-state index contributed by atoms with van der Waals surface area (Å²) in [6.07, 6.45) is 18.2. The Kier molecular flexibility index (Phi) is 14.7. The van der Waals surface area contributed by atoms with Crippen molar-refractivity contribution in [3.05, 3.63) is 12.7 Å². The molecule has 2 nitrogen and oxygen atoms in total. The Morgan fingerprint density at radius 1 is 0.852 bits per heavy atom. The Hall–Kier alpha value is -0.123. The molecule has 0 spiro atoms. The van der Waals surface area contributed by atoms with Crippen molar-refractivity contribution in [3.8, 4) is 0 Å². The molecule has 0 amide bonds. The largest absolute Gasteiger partial charge is 0.411 e. The highest BCUT2D eigenvalue weighted by atomic mass is 28.4. The van der Waals surface area contributed by atoms with E-state index in [0.717, 1.165) is 12.8 Å². The molecule has 0 aliphatic rings. The van der Waals surface area contributed by atoms with Crippen molar-refractivity contribution < 1.29 is 9.53 Å². The molecule has 27 heavy (non-hydrogen) atoms. The fraction of sp³-hybridized carbons (Fsp3) is 0.917. The molecule has 0 aromatic rings. The number of rotatable bonds is 17. The van der Waals surface area contributed by atoms with E-state index in [1.165, 1.54) is 70.6 Å². The molecule has 0 aliphatic carbocycles. The molecule has 0 unspecified atom stereocenters. The lowest BCUT2D eigenvalue weighted by Gasteiger charge is -2.40. The zero-order valence-corrected chi connectivity index (χ0v) is 20.5. The van der Waals surface area contributed by atoms with Crippen LogP contribution >= 0.6 is 0 Å². The van der Waals surface area contributed by atoms with Gasteiger partial charge in [0.05, 0.1) is 12.2 Å². The molecule has 0 saturated carbocycles. The van der Waals surface area contributed by atoms with Gasteiger partial charge in [0.25, 0.3) is 0 Å². The molecule has 0 radical (unpaired) electrons. The highest BCUT2D eigenvalue weighted by Crippen LogP contribution is 2.38. The molecule has 0 saturated heterocycles. The number of hydrogen-bond donors (Lipinski definition) is 1. The summed E-state index contributed by atoms with van der Waals surface area (Å²) in [5.74, 6) is 0. The SMILES string of the molecule is C=C[C@H](O)[C@@H](CCCCCCCCCCCCCC)O[Si](C)(C)C(C)(C)C. The highest BCUT2D eigenvalue weighted by Gasteiger charge is 2.40. The second-order valence-corrected chi connectivity index (χ2v) is 14.6. The van der Waals surface area contributed by atoms with Crippen molar-refractivity contribution in [2.75, 3.05) is 0 Å². The maximum Gasteiger partial charge on any atom is 0.192 e. The van der Waals surface area contributed by atoms with Gasteiger partial charge in [0, 0.05) is 0 Å². The molecular weight excluding hydrogens is 348 g/mol. The highest BCUT2D eigenvalue weighted by molar-refractivity contribution is 6.74. The van der Waals surface area contributed by atoms with Crippen molar-refractivity contribution in [2.45, 2.75) is 142 Å². The van der Waals surface area contributed by atoms with Gasteiger partial charge in [0.15, 0.2) is 8.32 Å². The Balaban J connectivity index is 3.91. The summed E-state index contributed by atoms with van der Waals surface area (Å²) in [6.45, 7) is 17.3. The zero-order chi connectivity index (χ0) is 20.8. The van der Waals surface area contributed by atoms with Gasteiger partial charge < -0.3 is 9.53 Å². The lowest BCUT2D eigenvalue weighted by molar-refractivity contribution is 0.0496. The van der Waals surface area contributed by atoms with E-state index in [2.05, 4.69) is 47.4 Å². The van der Waals surface area contributed by atoms with Crippen LogP contribution in [0.25, 0.3) is 0 Å². The molecule has 0 aromatic heterocycles. The smallest absolute Gasteiger partial charge is 0.192 e. The first-order valence-corrected chi connectivity index (χ1v) is 14.5. The Morgan fingerprint density at radius 3 is 1.63 bits per heavy atom. The third kappa shape index (κ3) is 12.9. The van der Waals surface area contributed by atoms with Gasteiger partial charge in [0.1, 0.15) is 0 Å². The van der Waals surface area contributed by atoms with Crippen LogP contribution in [0.5, 0.6) is 0 Å². The molecule has 0 fully saturated rings. The number of hydrogen-bond acceptors (Lipinski definition) is 2. The monoisotopic (exact) mass is 398 g/mol. The predicted octanol–water partition coefficient (Wildman–Crippen LogP) is 8.01. The summed E-state index contributed by atoms with van der Waals surface area (Å²) >= 11 is 0. The van der Waals surface area contributed by atoms with Crippen molar-refractivity contribution in [1.82, 2.24) is 0 Å². The van der Waals surface area contributed by atoms with Crippen molar-refractivity contribution in [3.63, 3.8) is 0 Å². The summed E-state index contributed by atoms with van der Waals surface area (Å²) in [6, 6.07) is 0. The van der Waals surface area contributed by atoms with Crippen molar-refractivity contribution in [1.29, 1.82) is 0 Å². The van der Waals surface area contributed by atoms with E-state index < -0.39 is 14.4 Å². The zero-order valence-electron chi connectivity index (χ0n) is 19.5. The van der Waals surface area contributed by atoms with E-state index in [1.54, 1.807) is 6.08 Å². The quantitative estimate of drug-likeness (QED) is 0.153. The van der Waals surface area contributed by atoms with E-state index in [9.17, 15) is 5.11 Å². The van der Waals surface area contributed by atoms with E-state index in [1.807, 2.05) is 0 Å². The van der Waals surface area contributed by atoms with Gasteiger partial charge in [-0.2, -0.15) is 0 Å². The molecule has 0 aromatic carbocycles. The standard InChI is InChI=1S/C24H50O2Si/c1-8-10-11-12-13-14-15-16-17-18-19-20-21-23(22(25)9-2)26-27(6,7)24(3,4)5/h9,22-23,25H,2,8,10-21H2,1,3-7H3/t22-,23+/m0/s1. The summed E-state index contributed by atoms with van der Waals surface area (Å²) in [5.41, 5.74) is 0. The van der Waals surface area contributed by atoms with Crippen LogP contribution in [0.3, 0.4) is 0 Å². The van der Waals surface area contributed by atoms with Crippen molar-refractivity contribution >= 4 is 8.32 Å². The first-order chi connectivity index (χ1) is 12.7. The summed E-state index contributed by atoms with van der Waals surface area (Å²) in [7, 11) is -1.86. The van der Waals surface area contributed by atoms with Gasteiger partial charge in [-0.25, -0.2) is 0 Å². The second-order valence-electron chi connectivity index (χ2n) is 9.82. The maximum absolute atomic E-state index is 10.3. The van der Waals surface area contributed by atoms with E-state index in [-0.39, 0.29) is 11.1 Å². The van der Waals surface area contributed by atoms with Gasteiger partial charge in [-0.3, -0.25) is 0 Å². The average molecular weight is 399 g/mol. The lowest BCUT2D eigenvalue weighted by Crippen LogP contribution is -2.46. The minimum Gasteiger partial charge on any atom is -0.411 e. The van der Waals surface area contributed by atoms with Gasteiger partial charge >= 0.3 is 0 Å². The van der Waals surface area contributed by atoms with Gasteiger partial charge in [-0.15, -0.1) is 6.58 Å².